The van der Waals surface area contributed by atoms with E-state index in [9.17, 15) is 13.6 Å². The summed E-state index contributed by atoms with van der Waals surface area (Å²) < 4.78 is 33.1. The molecule has 1 amide bonds. The fourth-order valence-corrected chi connectivity index (χ4v) is 5.67. The minimum absolute atomic E-state index is 0.0810. The van der Waals surface area contributed by atoms with Crippen LogP contribution in [0.25, 0.3) is 0 Å². The monoisotopic (exact) mass is 495 g/mol. The van der Waals surface area contributed by atoms with E-state index in [1.54, 1.807) is 6.20 Å². The van der Waals surface area contributed by atoms with Gasteiger partial charge in [-0.3, -0.25) is 14.4 Å². The average Bonchev–Trinajstić information content (AvgIpc) is 3.42. The first-order chi connectivity index (χ1) is 16.3. The number of alkyl halides is 2. The number of aryl methyl sites for hydroxylation is 1. The molecule has 1 fully saturated rings. The largest absolute Gasteiger partial charge is 0.464 e. The number of nitrogens with zero attached hydrogens (tertiary/aromatic N) is 4. The molecule has 3 heterocycles. The maximum atomic E-state index is 13.0. The lowest BCUT2D eigenvalue weighted by Crippen LogP contribution is -2.39. The van der Waals surface area contributed by atoms with E-state index < -0.39 is 12.5 Å². The van der Waals surface area contributed by atoms with Gasteiger partial charge in [-0.15, -0.1) is 0 Å². The number of aromatic nitrogens is 3. The van der Waals surface area contributed by atoms with E-state index in [0.717, 1.165) is 87.8 Å². The van der Waals surface area contributed by atoms with Crippen molar-refractivity contribution in [2.75, 3.05) is 19.7 Å². The number of amides is 1. The number of ether oxygens (including phenoxy) is 1. The van der Waals surface area contributed by atoms with Crippen LogP contribution in [0, 0.1) is 5.92 Å². The van der Waals surface area contributed by atoms with Crippen LogP contribution in [0.2, 0.25) is 0 Å². The van der Waals surface area contributed by atoms with Gasteiger partial charge >= 0.3 is 0 Å². The molecule has 7 nitrogen and oxygen atoms in total. The van der Waals surface area contributed by atoms with Gasteiger partial charge in [0.2, 0.25) is 5.91 Å². The summed E-state index contributed by atoms with van der Waals surface area (Å²) in [6.45, 7) is 5.81. The van der Waals surface area contributed by atoms with E-state index in [1.165, 1.54) is 11.3 Å². The van der Waals surface area contributed by atoms with Crippen LogP contribution in [0.3, 0.4) is 0 Å². The summed E-state index contributed by atoms with van der Waals surface area (Å²) in [4.78, 5) is 20.4. The second kappa shape index (κ2) is 11.1. The number of fused-ring (bicyclic) bond motifs is 1. The summed E-state index contributed by atoms with van der Waals surface area (Å²) in [5, 5.41) is 7.79. The lowest BCUT2D eigenvalue weighted by molar-refractivity contribution is -0.121. The van der Waals surface area contributed by atoms with Crippen molar-refractivity contribution in [3.05, 3.63) is 28.5 Å². The number of halogens is 2. The molecule has 34 heavy (non-hydrogen) atoms. The summed E-state index contributed by atoms with van der Waals surface area (Å²) in [6.07, 6.45) is 10.5. The minimum atomic E-state index is -2.85. The van der Waals surface area contributed by atoms with Gasteiger partial charge in [0.05, 0.1) is 18.3 Å². The van der Waals surface area contributed by atoms with Gasteiger partial charge in [-0.1, -0.05) is 11.3 Å². The Balaban J connectivity index is 1.14. The maximum absolute atomic E-state index is 13.0. The quantitative estimate of drug-likeness (QED) is 0.538. The maximum Gasteiger partial charge on any atom is 0.278 e. The lowest BCUT2D eigenvalue weighted by Gasteiger charge is -2.32. The number of thiazole rings is 1. The van der Waals surface area contributed by atoms with Crippen LogP contribution in [0.15, 0.2) is 12.4 Å². The lowest BCUT2D eigenvalue weighted by atomic mass is 9.84. The molecule has 0 atom stereocenters. The van der Waals surface area contributed by atoms with Crippen molar-refractivity contribution in [1.82, 2.24) is 25.0 Å². The number of hydrogen-bond acceptors (Lipinski definition) is 6. The molecule has 0 spiro atoms. The number of rotatable bonds is 10. The standard InChI is InChI=1S/C24H35F2N5O2S/c1-3-31-14-18(13-27-31)12-22(32)28-19-6-4-17(5-7-19)8-10-30-11-9-21-20(15-30)29-23(34-21)33-16-24(2,25)26/h13-14,17,19H,3-12,15-16H2,1-2H3,(H,28,32). The molecule has 1 aliphatic heterocycles. The molecule has 0 saturated heterocycles. The van der Waals surface area contributed by atoms with Crippen LogP contribution in [0.5, 0.6) is 5.19 Å². The molecule has 0 radical (unpaired) electrons. The van der Waals surface area contributed by atoms with Crippen molar-refractivity contribution in [3.63, 3.8) is 0 Å². The third kappa shape index (κ3) is 7.21. The normalized spacial score (nSPS) is 21.3. The molecule has 1 saturated carbocycles. The zero-order valence-electron chi connectivity index (χ0n) is 20.1. The molecular weight excluding hydrogens is 460 g/mol. The molecule has 4 rings (SSSR count). The Morgan fingerprint density at radius 3 is 2.82 bits per heavy atom. The van der Waals surface area contributed by atoms with E-state index in [2.05, 4.69) is 20.3 Å². The highest BCUT2D eigenvalue weighted by Crippen LogP contribution is 2.32. The van der Waals surface area contributed by atoms with E-state index in [0.29, 0.717) is 17.5 Å². The highest BCUT2D eigenvalue weighted by atomic mass is 32.1. The van der Waals surface area contributed by atoms with Gasteiger partial charge in [0.1, 0.15) is 0 Å². The summed E-state index contributed by atoms with van der Waals surface area (Å²) in [5.74, 6) is -2.09. The molecule has 0 aromatic carbocycles. The number of nitrogens with one attached hydrogen (secondary N) is 1. The molecule has 188 valence electrons. The van der Waals surface area contributed by atoms with Gasteiger partial charge in [0.15, 0.2) is 6.61 Å². The Hall–Kier alpha value is -2.07. The second-order valence-corrected chi connectivity index (χ2v) is 10.7. The van der Waals surface area contributed by atoms with Crippen molar-refractivity contribution in [1.29, 1.82) is 0 Å². The first kappa shape index (κ1) is 25.0. The van der Waals surface area contributed by atoms with Gasteiger partial charge < -0.3 is 10.1 Å². The Kier molecular flexibility index (Phi) is 8.18. The number of carbonyl (C=O) groups excluding carboxylic acids is 1. The van der Waals surface area contributed by atoms with Crippen molar-refractivity contribution < 1.29 is 18.3 Å². The van der Waals surface area contributed by atoms with Gasteiger partial charge in [-0.25, -0.2) is 13.8 Å². The minimum Gasteiger partial charge on any atom is -0.464 e. The van der Waals surface area contributed by atoms with Crippen molar-refractivity contribution >= 4 is 17.2 Å². The molecule has 0 bridgehead atoms. The van der Waals surface area contributed by atoms with E-state index in [-0.39, 0.29) is 11.9 Å². The Morgan fingerprint density at radius 1 is 1.32 bits per heavy atom. The third-order valence-electron chi connectivity index (χ3n) is 6.68. The highest BCUT2D eigenvalue weighted by Gasteiger charge is 2.27. The molecule has 2 aliphatic rings. The third-order valence-corrected chi connectivity index (χ3v) is 7.75. The van der Waals surface area contributed by atoms with Gasteiger partial charge in [-0.05, 0) is 63.5 Å². The predicted molar refractivity (Wildman–Crippen MR) is 127 cm³/mol. The summed E-state index contributed by atoms with van der Waals surface area (Å²) in [7, 11) is 0. The summed E-state index contributed by atoms with van der Waals surface area (Å²) in [6, 6.07) is 0.270. The highest BCUT2D eigenvalue weighted by molar-refractivity contribution is 7.13. The molecule has 2 aromatic rings. The first-order valence-corrected chi connectivity index (χ1v) is 13.1. The molecule has 0 unspecified atom stereocenters. The number of carbonyl (C=O) groups is 1. The molecule has 2 aromatic heterocycles. The van der Waals surface area contributed by atoms with E-state index >= 15 is 0 Å². The topological polar surface area (TPSA) is 72.3 Å². The van der Waals surface area contributed by atoms with Crippen molar-refractivity contribution in [2.24, 2.45) is 5.92 Å². The molecule has 10 heteroatoms. The Labute approximate surface area is 203 Å². The van der Waals surface area contributed by atoms with Gasteiger partial charge in [-0.2, -0.15) is 5.10 Å². The number of hydrogen-bond donors (Lipinski definition) is 1. The van der Waals surface area contributed by atoms with Gasteiger partial charge in [0.25, 0.3) is 11.1 Å². The van der Waals surface area contributed by atoms with Crippen LogP contribution in [0.1, 0.15) is 62.1 Å². The van der Waals surface area contributed by atoms with Crippen LogP contribution < -0.4 is 10.1 Å². The Bertz CT molecular complexity index is 950. The first-order valence-electron chi connectivity index (χ1n) is 12.3. The molecular formula is C24H35F2N5O2S. The molecule has 1 aliphatic carbocycles. The predicted octanol–water partition coefficient (Wildman–Crippen LogP) is 4.06. The van der Waals surface area contributed by atoms with E-state index in [1.807, 2.05) is 17.8 Å². The van der Waals surface area contributed by atoms with Crippen LogP contribution in [-0.2, 0) is 30.7 Å². The van der Waals surface area contributed by atoms with Crippen molar-refractivity contribution in [2.45, 2.75) is 83.8 Å². The van der Waals surface area contributed by atoms with E-state index in [4.69, 9.17) is 4.74 Å². The summed E-state index contributed by atoms with van der Waals surface area (Å²) in [5.41, 5.74) is 1.93. The van der Waals surface area contributed by atoms with Crippen LogP contribution in [0.4, 0.5) is 8.78 Å². The zero-order valence-corrected chi connectivity index (χ0v) is 20.9. The SMILES string of the molecule is CCn1cc(CC(=O)NC2CCC(CCN3CCc4sc(OCC(C)(F)F)nc4C3)CC2)cn1. The fourth-order valence-electron chi connectivity index (χ4n) is 4.77. The second-order valence-electron chi connectivity index (χ2n) is 9.69. The van der Waals surface area contributed by atoms with Crippen LogP contribution in [-0.4, -0.2) is 57.2 Å². The van der Waals surface area contributed by atoms with Crippen molar-refractivity contribution in [3.8, 4) is 5.19 Å². The van der Waals surface area contributed by atoms with Crippen LogP contribution >= 0.6 is 11.3 Å². The molecule has 1 N–H and O–H groups in total. The van der Waals surface area contributed by atoms with Gasteiger partial charge in [0, 0.05) is 43.7 Å². The smallest absolute Gasteiger partial charge is 0.278 e. The summed E-state index contributed by atoms with van der Waals surface area (Å²) >= 11 is 1.40. The Morgan fingerprint density at radius 2 is 2.12 bits per heavy atom. The fraction of sp³-hybridized carbons (Fsp3) is 0.708. The zero-order chi connectivity index (χ0) is 24.1. The average molecular weight is 496 g/mol.